The maximum absolute atomic E-state index is 12.5. The predicted molar refractivity (Wildman–Crippen MR) is 64.9 cm³/mol. The van der Waals surface area contributed by atoms with Crippen LogP contribution in [0.2, 0.25) is 0 Å². The fourth-order valence-electron chi connectivity index (χ4n) is 5.55. The van der Waals surface area contributed by atoms with E-state index in [4.69, 9.17) is 4.74 Å². The molecule has 6 unspecified atom stereocenters. The molecule has 0 aromatic carbocycles. The van der Waals surface area contributed by atoms with Crippen molar-refractivity contribution in [1.82, 2.24) is 0 Å². The molecular weight excluding hydrogens is 228 g/mol. The average Bonchev–Trinajstić information content (AvgIpc) is 3.15. The molecule has 0 bridgehead atoms. The van der Waals surface area contributed by atoms with E-state index >= 15 is 0 Å². The molecule has 4 rings (SSSR count). The Hall–Kier alpha value is -0.700. The van der Waals surface area contributed by atoms with Gasteiger partial charge in [0.05, 0.1) is 6.10 Å². The van der Waals surface area contributed by atoms with Crippen LogP contribution in [-0.2, 0) is 14.3 Å². The fourth-order valence-corrected chi connectivity index (χ4v) is 5.55. The first-order valence-corrected chi connectivity index (χ1v) is 7.06. The van der Waals surface area contributed by atoms with Gasteiger partial charge in [0.1, 0.15) is 0 Å². The number of hydrogen-bond acceptors (Lipinski definition) is 3. The zero-order valence-corrected chi connectivity index (χ0v) is 11.4. The van der Waals surface area contributed by atoms with Gasteiger partial charge < -0.3 is 4.74 Å². The highest BCUT2D eigenvalue weighted by atomic mass is 16.6. The Morgan fingerprint density at radius 2 is 1.83 bits per heavy atom. The van der Waals surface area contributed by atoms with Gasteiger partial charge in [-0.25, -0.2) is 0 Å². The molecule has 4 aliphatic rings. The van der Waals surface area contributed by atoms with Crippen LogP contribution in [-0.4, -0.2) is 23.3 Å². The molecule has 4 fully saturated rings. The van der Waals surface area contributed by atoms with Crippen LogP contribution >= 0.6 is 0 Å². The molecule has 6 atom stereocenters. The molecule has 1 aliphatic heterocycles. The largest absolute Gasteiger partial charge is 0.357 e. The van der Waals surface area contributed by atoms with E-state index in [1.165, 1.54) is 0 Å². The highest BCUT2D eigenvalue weighted by Gasteiger charge is 2.87. The lowest BCUT2D eigenvalue weighted by Crippen LogP contribution is -2.58. The van der Waals surface area contributed by atoms with Crippen LogP contribution in [0.5, 0.6) is 0 Å². The van der Waals surface area contributed by atoms with E-state index in [0.29, 0.717) is 11.8 Å². The van der Waals surface area contributed by atoms with E-state index < -0.39 is 5.60 Å². The van der Waals surface area contributed by atoms with Gasteiger partial charge in [0, 0.05) is 11.3 Å². The van der Waals surface area contributed by atoms with Gasteiger partial charge in [-0.1, -0.05) is 27.7 Å². The molecule has 3 nitrogen and oxygen atoms in total. The van der Waals surface area contributed by atoms with E-state index in [9.17, 15) is 9.59 Å². The highest BCUT2D eigenvalue weighted by Crippen LogP contribution is 2.79. The van der Waals surface area contributed by atoms with Gasteiger partial charge in [-0.15, -0.1) is 0 Å². The molecule has 0 aromatic rings. The average molecular weight is 248 g/mol. The third-order valence-electron chi connectivity index (χ3n) is 6.73. The molecule has 3 aliphatic carbocycles. The molecule has 3 saturated carbocycles. The van der Waals surface area contributed by atoms with Gasteiger partial charge in [-0.05, 0) is 30.1 Å². The smallest absolute Gasteiger partial charge is 0.233 e. The second-order valence-corrected chi connectivity index (χ2v) is 7.57. The summed E-state index contributed by atoms with van der Waals surface area (Å²) in [5.41, 5.74) is -0.890. The van der Waals surface area contributed by atoms with Crippen molar-refractivity contribution in [2.45, 2.75) is 52.2 Å². The van der Waals surface area contributed by atoms with Crippen LogP contribution in [0.15, 0.2) is 0 Å². The number of Topliss-reactive ketones (excluding diaryl/α,β-unsaturated/α-hetero) is 2. The number of rotatable bonds is 0. The number of fused-ring (bicyclic) bond motifs is 2. The molecule has 1 heterocycles. The fraction of sp³-hybridized carbons (Fsp3) is 0.867. The monoisotopic (exact) mass is 248 g/mol. The van der Waals surface area contributed by atoms with Crippen molar-refractivity contribution in [3.63, 3.8) is 0 Å². The molecular formula is C15H20O3. The summed E-state index contributed by atoms with van der Waals surface area (Å²) in [5, 5.41) is 0. The van der Waals surface area contributed by atoms with E-state index in [-0.39, 0.29) is 34.4 Å². The van der Waals surface area contributed by atoms with E-state index in [0.717, 1.165) is 12.8 Å². The summed E-state index contributed by atoms with van der Waals surface area (Å²) in [4.78, 5) is 24.8. The third kappa shape index (κ3) is 0.806. The quantitative estimate of drug-likeness (QED) is 0.486. The van der Waals surface area contributed by atoms with Gasteiger partial charge in [0.2, 0.25) is 11.6 Å². The summed E-state index contributed by atoms with van der Waals surface area (Å²) in [5.74, 6) is 0.372. The lowest BCUT2D eigenvalue weighted by molar-refractivity contribution is -0.150. The second-order valence-electron chi connectivity index (χ2n) is 7.57. The Kier molecular flexibility index (Phi) is 1.61. The SMILES string of the molecule is CC1CCC2OC23C(=O)C(=O)C2C(C2(C)C)C13C. The number of carbonyl (C=O) groups excluding carboxylic acids is 2. The van der Waals surface area contributed by atoms with Crippen LogP contribution in [0.25, 0.3) is 0 Å². The Bertz CT molecular complexity index is 494. The first-order valence-electron chi connectivity index (χ1n) is 7.06. The minimum absolute atomic E-state index is 0.0207. The molecule has 1 saturated heterocycles. The van der Waals surface area contributed by atoms with E-state index in [1.807, 2.05) is 0 Å². The Morgan fingerprint density at radius 3 is 2.50 bits per heavy atom. The van der Waals surface area contributed by atoms with Crippen LogP contribution in [0.4, 0.5) is 0 Å². The standard InChI is InChI=1S/C15H20O3/c1-7-5-6-8-15(18-8)12(17)10(16)9-11(13(9,2)3)14(7,15)4/h7-9,11H,5-6H2,1-4H3. The normalized spacial score (nSPS) is 59.6. The number of ketones is 2. The zero-order valence-electron chi connectivity index (χ0n) is 11.4. The maximum atomic E-state index is 12.5. The van der Waals surface area contributed by atoms with Crippen LogP contribution in [0.1, 0.15) is 40.5 Å². The zero-order chi connectivity index (χ0) is 13.1. The molecule has 1 spiro atoms. The Balaban J connectivity index is 1.91. The first kappa shape index (κ1) is 11.2. The minimum atomic E-state index is -0.739. The molecule has 0 N–H and O–H groups in total. The van der Waals surface area contributed by atoms with Gasteiger partial charge >= 0.3 is 0 Å². The van der Waals surface area contributed by atoms with E-state index in [1.54, 1.807) is 0 Å². The van der Waals surface area contributed by atoms with Crippen molar-refractivity contribution in [2.24, 2.45) is 28.6 Å². The summed E-state index contributed by atoms with van der Waals surface area (Å²) in [6.45, 7) is 8.70. The number of hydrogen-bond donors (Lipinski definition) is 0. The summed E-state index contributed by atoms with van der Waals surface area (Å²) in [6.07, 6.45) is 2.07. The lowest BCUT2D eigenvalue weighted by atomic mass is 9.54. The summed E-state index contributed by atoms with van der Waals surface area (Å²) in [7, 11) is 0. The maximum Gasteiger partial charge on any atom is 0.233 e. The summed E-state index contributed by atoms with van der Waals surface area (Å²) < 4.78 is 5.85. The topological polar surface area (TPSA) is 46.7 Å². The van der Waals surface area contributed by atoms with E-state index in [2.05, 4.69) is 27.7 Å². The molecule has 98 valence electrons. The second kappa shape index (κ2) is 2.60. The Morgan fingerprint density at radius 1 is 1.17 bits per heavy atom. The number of ether oxygens (including phenoxy) is 1. The first-order chi connectivity index (χ1) is 8.29. The molecule has 18 heavy (non-hydrogen) atoms. The van der Waals surface area contributed by atoms with Gasteiger partial charge in [-0.3, -0.25) is 9.59 Å². The minimum Gasteiger partial charge on any atom is -0.357 e. The summed E-state index contributed by atoms with van der Waals surface area (Å²) >= 11 is 0. The van der Waals surface area contributed by atoms with Gasteiger partial charge in [0.15, 0.2) is 5.60 Å². The van der Waals surface area contributed by atoms with Crippen molar-refractivity contribution in [1.29, 1.82) is 0 Å². The lowest BCUT2D eigenvalue weighted by Gasteiger charge is -2.46. The summed E-state index contributed by atoms with van der Waals surface area (Å²) in [6, 6.07) is 0. The van der Waals surface area contributed by atoms with Crippen molar-refractivity contribution >= 4 is 11.6 Å². The third-order valence-corrected chi connectivity index (χ3v) is 6.73. The molecule has 0 radical (unpaired) electrons. The molecule has 0 aromatic heterocycles. The number of epoxide rings is 1. The van der Waals surface area contributed by atoms with Crippen molar-refractivity contribution < 1.29 is 14.3 Å². The van der Waals surface area contributed by atoms with Gasteiger partial charge in [-0.2, -0.15) is 0 Å². The van der Waals surface area contributed by atoms with Crippen molar-refractivity contribution in [2.75, 3.05) is 0 Å². The highest BCUT2D eigenvalue weighted by molar-refractivity contribution is 6.44. The molecule has 0 amide bonds. The Labute approximate surface area is 107 Å². The van der Waals surface area contributed by atoms with Crippen molar-refractivity contribution in [3.05, 3.63) is 0 Å². The van der Waals surface area contributed by atoms with Crippen LogP contribution in [0.3, 0.4) is 0 Å². The van der Waals surface area contributed by atoms with Crippen LogP contribution in [0, 0.1) is 28.6 Å². The predicted octanol–water partition coefficient (Wildman–Crippen LogP) is 1.98. The van der Waals surface area contributed by atoms with Crippen molar-refractivity contribution in [3.8, 4) is 0 Å². The van der Waals surface area contributed by atoms with Gasteiger partial charge in [0.25, 0.3) is 0 Å². The van der Waals surface area contributed by atoms with Crippen LogP contribution < -0.4 is 0 Å². The molecule has 3 heteroatoms. The number of carbonyl (C=O) groups is 2.